The molecule has 11 nitrogen and oxygen atoms in total. The van der Waals surface area contributed by atoms with Crippen LogP contribution in [-0.4, -0.2) is 73.7 Å². The van der Waals surface area contributed by atoms with Crippen molar-refractivity contribution in [2.24, 2.45) is 0 Å². The van der Waals surface area contributed by atoms with Crippen molar-refractivity contribution in [2.75, 3.05) is 27.4 Å². The molecule has 4 aromatic rings. The lowest BCUT2D eigenvalue weighted by Crippen LogP contribution is -2.47. The molecule has 4 aromatic carbocycles. The molecule has 0 radical (unpaired) electrons. The molecule has 0 saturated carbocycles. The van der Waals surface area contributed by atoms with Crippen LogP contribution in [0.15, 0.2) is 97.1 Å². The number of fused-ring (bicyclic) bond motifs is 6. The summed E-state index contributed by atoms with van der Waals surface area (Å²) in [4.78, 5) is 52.2. The van der Waals surface area contributed by atoms with Gasteiger partial charge in [-0.1, -0.05) is 111 Å². The lowest BCUT2D eigenvalue weighted by atomic mass is 9.98. The first-order chi connectivity index (χ1) is 24.7. The second-order valence-corrected chi connectivity index (χ2v) is 12.2. The van der Waals surface area contributed by atoms with Crippen molar-refractivity contribution >= 4 is 24.1 Å². The third-order valence-electron chi connectivity index (χ3n) is 9.27. The maximum atomic E-state index is 12.3. The normalized spacial score (nSPS) is 13.6. The van der Waals surface area contributed by atoms with E-state index in [0.717, 1.165) is 38.4 Å². The number of nitrogens with zero attached hydrogens (tertiary/aromatic N) is 1. The number of rotatable bonds is 11. The predicted octanol–water partition coefficient (Wildman–Crippen LogP) is 6.71. The molecule has 0 spiro atoms. The second-order valence-electron chi connectivity index (χ2n) is 12.2. The molecule has 0 heterocycles. The van der Waals surface area contributed by atoms with Gasteiger partial charge in [-0.25, -0.2) is 19.4 Å². The first-order valence-electron chi connectivity index (χ1n) is 17.0. The zero-order chi connectivity index (χ0) is 36.5. The SMILES string of the molecule is CC[C@@H](NC(=O)OCC1c2ccccc2-c2ccccc21)C(=O)N(C)OC.CC[C@@H](NC(=O)OCC1c2ccccc2-c2ccccc21)C(=O)O. The van der Waals surface area contributed by atoms with E-state index in [2.05, 4.69) is 47.0 Å². The highest BCUT2D eigenvalue weighted by Gasteiger charge is 2.31. The third-order valence-corrected chi connectivity index (χ3v) is 9.27. The van der Waals surface area contributed by atoms with Crippen LogP contribution >= 0.6 is 0 Å². The molecular weight excluding hydrogens is 650 g/mol. The Hall–Kier alpha value is -5.68. The van der Waals surface area contributed by atoms with Crippen LogP contribution in [0.1, 0.15) is 60.8 Å². The molecule has 0 unspecified atom stereocenters. The number of benzene rings is 4. The molecule has 0 aliphatic heterocycles. The lowest BCUT2D eigenvalue weighted by molar-refractivity contribution is -0.171. The van der Waals surface area contributed by atoms with Gasteiger partial charge in [-0.2, -0.15) is 0 Å². The molecule has 2 atom stereocenters. The fraction of sp³-hybridized carbons (Fsp3) is 0.300. The second kappa shape index (κ2) is 16.8. The summed E-state index contributed by atoms with van der Waals surface area (Å²) in [6, 6.07) is 30.8. The summed E-state index contributed by atoms with van der Waals surface area (Å²) in [5.74, 6) is -1.44. The Morgan fingerprint density at radius 3 is 1.27 bits per heavy atom. The number of ether oxygens (including phenoxy) is 2. The number of amides is 3. The van der Waals surface area contributed by atoms with Gasteiger partial charge < -0.3 is 25.2 Å². The van der Waals surface area contributed by atoms with Gasteiger partial charge in [0.15, 0.2) is 0 Å². The van der Waals surface area contributed by atoms with Gasteiger partial charge in [0.1, 0.15) is 25.3 Å². The van der Waals surface area contributed by atoms with Crippen LogP contribution in [0.3, 0.4) is 0 Å². The van der Waals surface area contributed by atoms with E-state index in [0.29, 0.717) is 12.8 Å². The molecule has 0 aromatic heterocycles. The Bertz CT molecular complexity index is 1790. The number of carbonyl (C=O) groups excluding carboxylic acids is 3. The van der Waals surface area contributed by atoms with Crippen molar-refractivity contribution in [1.82, 2.24) is 15.7 Å². The minimum absolute atomic E-state index is 0.0134. The van der Waals surface area contributed by atoms with Gasteiger partial charge in [0.25, 0.3) is 5.91 Å². The summed E-state index contributed by atoms with van der Waals surface area (Å²) in [5.41, 5.74) is 9.19. The maximum Gasteiger partial charge on any atom is 0.407 e. The monoisotopic (exact) mass is 693 g/mol. The van der Waals surface area contributed by atoms with E-state index >= 15 is 0 Å². The van der Waals surface area contributed by atoms with Crippen molar-refractivity contribution in [3.63, 3.8) is 0 Å². The van der Waals surface area contributed by atoms with Crippen LogP contribution in [0.25, 0.3) is 22.3 Å². The van der Waals surface area contributed by atoms with E-state index in [1.807, 2.05) is 67.6 Å². The molecule has 3 amide bonds. The summed E-state index contributed by atoms with van der Waals surface area (Å²) >= 11 is 0. The number of hydroxylamine groups is 2. The fourth-order valence-corrected chi connectivity index (χ4v) is 6.55. The van der Waals surface area contributed by atoms with Crippen LogP contribution in [0.2, 0.25) is 0 Å². The highest BCUT2D eigenvalue weighted by atomic mass is 16.7. The topological polar surface area (TPSA) is 144 Å². The van der Waals surface area contributed by atoms with Gasteiger partial charge in [0.05, 0.1) is 7.11 Å². The summed E-state index contributed by atoms with van der Waals surface area (Å²) in [6.07, 6.45) is -0.566. The van der Waals surface area contributed by atoms with E-state index in [-0.39, 0.29) is 31.0 Å². The number of aliphatic carboxylic acids is 1. The summed E-state index contributed by atoms with van der Waals surface area (Å²) in [5, 5.41) is 15.1. The summed E-state index contributed by atoms with van der Waals surface area (Å²) in [6.45, 7) is 3.90. The number of hydrogen-bond donors (Lipinski definition) is 3. The van der Waals surface area contributed by atoms with Gasteiger partial charge in [0.2, 0.25) is 0 Å². The number of carbonyl (C=O) groups is 4. The number of hydrogen-bond acceptors (Lipinski definition) is 7. The Balaban J connectivity index is 0.000000199. The lowest BCUT2D eigenvalue weighted by Gasteiger charge is -2.22. The molecule has 0 bridgehead atoms. The number of nitrogens with one attached hydrogen (secondary N) is 2. The van der Waals surface area contributed by atoms with Crippen molar-refractivity contribution in [3.05, 3.63) is 119 Å². The smallest absolute Gasteiger partial charge is 0.407 e. The maximum absolute atomic E-state index is 12.3. The average molecular weight is 694 g/mol. The van der Waals surface area contributed by atoms with Crippen molar-refractivity contribution in [2.45, 2.75) is 50.6 Å². The Morgan fingerprint density at radius 2 is 0.961 bits per heavy atom. The minimum Gasteiger partial charge on any atom is -0.480 e. The van der Waals surface area contributed by atoms with Crippen LogP contribution in [-0.2, 0) is 23.9 Å². The van der Waals surface area contributed by atoms with E-state index in [9.17, 15) is 19.2 Å². The Labute approximate surface area is 297 Å². The van der Waals surface area contributed by atoms with Crippen LogP contribution in [0.4, 0.5) is 9.59 Å². The van der Waals surface area contributed by atoms with Crippen molar-refractivity contribution in [3.8, 4) is 22.3 Å². The zero-order valence-electron chi connectivity index (χ0n) is 29.1. The largest absolute Gasteiger partial charge is 0.480 e. The molecule has 3 N–H and O–H groups in total. The molecule has 51 heavy (non-hydrogen) atoms. The van der Waals surface area contributed by atoms with Crippen LogP contribution in [0, 0.1) is 0 Å². The first-order valence-corrected chi connectivity index (χ1v) is 17.0. The highest BCUT2D eigenvalue weighted by molar-refractivity contribution is 5.85. The van der Waals surface area contributed by atoms with E-state index in [4.69, 9.17) is 19.4 Å². The van der Waals surface area contributed by atoms with Gasteiger partial charge in [-0.3, -0.25) is 9.63 Å². The van der Waals surface area contributed by atoms with Crippen LogP contribution in [0.5, 0.6) is 0 Å². The molecular formula is C40H43N3O8. The zero-order valence-corrected chi connectivity index (χ0v) is 29.1. The van der Waals surface area contributed by atoms with Gasteiger partial charge >= 0.3 is 18.2 Å². The third kappa shape index (κ3) is 8.21. The van der Waals surface area contributed by atoms with Crippen molar-refractivity contribution in [1.29, 1.82) is 0 Å². The molecule has 0 saturated heterocycles. The van der Waals surface area contributed by atoms with E-state index < -0.39 is 30.2 Å². The number of alkyl carbamates (subject to hydrolysis) is 2. The molecule has 2 aliphatic carbocycles. The molecule has 11 heteroatoms. The summed E-state index contributed by atoms with van der Waals surface area (Å²) in [7, 11) is 2.91. The predicted molar refractivity (Wildman–Crippen MR) is 192 cm³/mol. The van der Waals surface area contributed by atoms with E-state index in [1.54, 1.807) is 6.92 Å². The van der Waals surface area contributed by atoms with E-state index in [1.165, 1.54) is 25.3 Å². The molecule has 0 fully saturated rings. The number of likely N-dealkylation sites (N-methyl/N-ethyl adjacent to an activating group) is 1. The Kier molecular flexibility index (Phi) is 12.1. The summed E-state index contributed by atoms with van der Waals surface area (Å²) < 4.78 is 10.8. The van der Waals surface area contributed by atoms with Crippen LogP contribution < -0.4 is 10.6 Å². The molecule has 266 valence electrons. The average Bonchev–Trinajstić information content (AvgIpc) is 3.66. The van der Waals surface area contributed by atoms with Gasteiger partial charge in [0, 0.05) is 18.9 Å². The number of carboxylic acids is 1. The minimum atomic E-state index is -1.06. The number of carboxylic acid groups (broad SMARTS) is 1. The molecule has 6 rings (SSSR count). The Morgan fingerprint density at radius 1 is 0.627 bits per heavy atom. The molecule has 2 aliphatic rings. The quantitative estimate of drug-likeness (QED) is 0.147. The van der Waals surface area contributed by atoms with Crippen molar-refractivity contribution < 1.29 is 38.6 Å². The van der Waals surface area contributed by atoms with Gasteiger partial charge in [-0.15, -0.1) is 0 Å². The first kappa shape index (κ1) is 36.6. The highest BCUT2D eigenvalue weighted by Crippen LogP contribution is 2.45. The standard InChI is InChI=1S/C21H24N2O4.C19H19NO4/c1-4-19(20(24)23(2)26-3)22-21(25)27-13-18-16-11-7-5-9-14(16)15-10-6-8-12-17(15)18;1-2-17(18(21)22)20-19(23)24-11-16-14-9-5-3-7-12(14)13-8-4-6-10-15(13)16/h5-12,18-19H,4,13H2,1-3H3,(H,22,25);3-10,16-17H,2,11H2,1H3,(H,20,23)(H,21,22)/t19-;17-/m11/s1. The van der Waals surface area contributed by atoms with Gasteiger partial charge in [-0.05, 0) is 57.3 Å². The fourth-order valence-electron chi connectivity index (χ4n) is 6.55.